The van der Waals surface area contributed by atoms with Crippen LogP contribution in [0.1, 0.15) is 48.2 Å². The first kappa shape index (κ1) is 22.9. The number of anilines is 1. The number of thiol groups is 1. The number of rotatable bonds is 4. The zero-order valence-electron chi connectivity index (χ0n) is 18.4. The summed E-state index contributed by atoms with van der Waals surface area (Å²) >= 11 is 6.17. The topological polar surface area (TPSA) is 58.9 Å². The number of fused-ring (bicyclic) bond motifs is 2. The Morgan fingerprint density at radius 3 is 2.91 bits per heavy atom. The Labute approximate surface area is 200 Å². The highest BCUT2D eigenvalue weighted by molar-refractivity contribution is 7.81. The largest absolute Gasteiger partial charge is 0.393 e. The molecule has 6 nitrogen and oxygen atoms in total. The molecule has 0 amide bonds. The van der Waals surface area contributed by atoms with Crippen molar-refractivity contribution in [3.8, 4) is 0 Å². The molecule has 2 atom stereocenters. The second kappa shape index (κ2) is 8.74. The van der Waals surface area contributed by atoms with Gasteiger partial charge in [0.25, 0.3) is 0 Å². The van der Waals surface area contributed by atoms with Crippen LogP contribution < -0.4 is 10.2 Å². The molecule has 0 aromatic carbocycles. The molecule has 2 aliphatic rings. The maximum Gasteiger partial charge on any atom is 0.393 e. The van der Waals surface area contributed by atoms with Crippen LogP contribution in [0.15, 0.2) is 18.6 Å². The number of nitrogens with one attached hydrogen (secondary N) is 1. The molecule has 5 rings (SSSR count). The molecule has 0 unspecified atom stereocenters. The minimum Gasteiger partial charge on any atom is -0.356 e. The van der Waals surface area contributed by atoms with E-state index in [9.17, 15) is 13.2 Å². The fourth-order valence-electron chi connectivity index (χ4n) is 5.08. The number of hydrogen-bond donors (Lipinski definition) is 2. The van der Waals surface area contributed by atoms with E-state index in [1.54, 1.807) is 6.07 Å². The Bertz CT molecular complexity index is 1140. The average molecular weight is 497 g/mol. The van der Waals surface area contributed by atoms with E-state index in [0.717, 1.165) is 74.5 Å². The molecular weight excluding hydrogens is 469 g/mol. The van der Waals surface area contributed by atoms with Crippen molar-refractivity contribution in [3.05, 3.63) is 34.7 Å². The maximum absolute atomic E-state index is 12.9. The van der Waals surface area contributed by atoms with Crippen LogP contribution in [0.3, 0.4) is 0 Å². The molecule has 1 N–H and O–H groups in total. The highest BCUT2D eigenvalue weighted by Crippen LogP contribution is 2.39. The molecule has 1 aliphatic heterocycles. The first-order valence-electron chi connectivity index (χ1n) is 11.3. The van der Waals surface area contributed by atoms with Crippen molar-refractivity contribution in [3.63, 3.8) is 0 Å². The summed E-state index contributed by atoms with van der Waals surface area (Å²) in [7, 11) is 1.95. The Hall–Kier alpha value is -1.85. The predicted octanol–water partition coefficient (Wildman–Crippen LogP) is 4.60. The monoisotopic (exact) mass is 496 g/mol. The van der Waals surface area contributed by atoms with E-state index in [1.165, 1.54) is 11.9 Å². The molecule has 1 saturated heterocycles. The highest BCUT2D eigenvalue weighted by atomic mass is 32.1. The molecule has 0 radical (unpaired) electrons. The van der Waals surface area contributed by atoms with Crippen molar-refractivity contribution in [2.45, 2.75) is 62.0 Å². The first-order valence-corrected chi connectivity index (χ1v) is 12.5. The summed E-state index contributed by atoms with van der Waals surface area (Å²) in [6.07, 6.45) is 4.24. The van der Waals surface area contributed by atoms with Gasteiger partial charge in [-0.15, -0.1) is 11.3 Å². The molecule has 0 spiro atoms. The van der Waals surface area contributed by atoms with Crippen molar-refractivity contribution < 1.29 is 13.2 Å². The van der Waals surface area contributed by atoms with Gasteiger partial charge >= 0.3 is 6.18 Å². The van der Waals surface area contributed by atoms with Crippen molar-refractivity contribution >= 4 is 40.0 Å². The number of alkyl halides is 3. The lowest BCUT2D eigenvalue weighted by molar-refractivity contribution is -0.126. The first-order chi connectivity index (χ1) is 15.7. The molecule has 3 aromatic heterocycles. The van der Waals surface area contributed by atoms with E-state index in [4.69, 9.17) is 12.6 Å². The van der Waals surface area contributed by atoms with Gasteiger partial charge in [0, 0.05) is 42.8 Å². The quantitative estimate of drug-likeness (QED) is 0.409. The van der Waals surface area contributed by atoms with E-state index < -0.39 is 12.6 Å². The van der Waals surface area contributed by atoms with E-state index in [-0.39, 0.29) is 9.75 Å². The van der Waals surface area contributed by atoms with Gasteiger partial charge in [0.05, 0.1) is 22.4 Å². The Morgan fingerprint density at radius 1 is 1.24 bits per heavy atom. The maximum atomic E-state index is 12.9. The Kier molecular flexibility index (Phi) is 6.07. The van der Waals surface area contributed by atoms with Crippen molar-refractivity contribution in [1.29, 1.82) is 0 Å². The summed E-state index contributed by atoms with van der Waals surface area (Å²) in [5, 5.41) is 9.12. The molecule has 0 bridgehead atoms. The predicted molar refractivity (Wildman–Crippen MR) is 127 cm³/mol. The Morgan fingerprint density at radius 2 is 2.09 bits per heavy atom. The van der Waals surface area contributed by atoms with Crippen LogP contribution in [0.25, 0.3) is 10.2 Å². The van der Waals surface area contributed by atoms with Crippen LogP contribution in [0.5, 0.6) is 0 Å². The summed E-state index contributed by atoms with van der Waals surface area (Å²) in [6, 6.07) is 1.90. The lowest BCUT2D eigenvalue weighted by atomic mass is 9.91. The van der Waals surface area contributed by atoms with E-state index in [2.05, 4.69) is 31.5 Å². The summed E-state index contributed by atoms with van der Waals surface area (Å²) in [4.78, 5) is 11.4. The lowest BCUT2D eigenvalue weighted by Crippen LogP contribution is -2.46. The molecule has 4 heterocycles. The van der Waals surface area contributed by atoms with E-state index in [0.29, 0.717) is 16.3 Å². The fraction of sp³-hybridized carbons (Fsp3) is 0.591. The summed E-state index contributed by atoms with van der Waals surface area (Å²) in [5.74, 6) is 0.734. The summed E-state index contributed by atoms with van der Waals surface area (Å²) in [5.41, 5.74) is 2.30. The summed E-state index contributed by atoms with van der Waals surface area (Å²) in [6.45, 7) is 1.59. The SMILES string of the molecule is Cn1cc2c(n1)CCC[C@]2(S)N[C@H]1CCCN(c2ncnc3sc(CC(F)(F)F)cc23)CC1. The van der Waals surface area contributed by atoms with Gasteiger partial charge < -0.3 is 4.90 Å². The molecule has 0 saturated carbocycles. The highest BCUT2D eigenvalue weighted by Gasteiger charge is 2.37. The molecular formula is C22H27F3N6S2. The average Bonchev–Trinajstić information content (AvgIpc) is 3.23. The van der Waals surface area contributed by atoms with E-state index in [1.807, 2.05) is 11.7 Å². The second-order valence-electron chi connectivity index (χ2n) is 9.06. The second-order valence-corrected chi connectivity index (χ2v) is 10.9. The standard InChI is InChI=1S/C22H27F3N6S2/c1-30-12-17-18(29-30)5-2-7-21(17,32)28-14-4-3-8-31(9-6-14)19-16-10-15(11-22(23,24)25)33-20(16)27-13-26-19/h10,12-14,28,32H,2-9,11H2,1H3/t14-,21+/m0/s1. The van der Waals surface area contributed by atoms with Crippen molar-refractivity contribution in [2.24, 2.45) is 7.05 Å². The minimum absolute atomic E-state index is 0.273. The molecule has 33 heavy (non-hydrogen) atoms. The molecule has 3 aromatic rings. The smallest absolute Gasteiger partial charge is 0.356 e. The number of nitrogens with zero attached hydrogens (tertiary/aromatic N) is 5. The van der Waals surface area contributed by atoms with Gasteiger partial charge in [-0.05, 0) is 44.6 Å². The van der Waals surface area contributed by atoms with Crippen molar-refractivity contribution in [1.82, 2.24) is 25.1 Å². The van der Waals surface area contributed by atoms with Crippen LogP contribution in [0, 0.1) is 0 Å². The fourth-order valence-corrected chi connectivity index (χ4v) is 6.63. The van der Waals surface area contributed by atoms with Gasteiger partial charge in [-0.25, -0.2) is 9.97 Å². The van der Waals surface area contributed by atoms with Gasteiger partial charge in [-0.1, -0.05) is 0 Å². The number of hydrogen-bond acceptors (Lipinski definition) is 7. The molecule has 1 aliphatic carbocycles. The zero-order valence-corrected chi connectivity index (χ0v) is 20.1. The van der Waals surface area contributed by atoms with Crippen LogP contribution in [0.4, 0.5) is 19.0 Å². The third-order valence-corrected chi connectivity index (χ3v) is 8.14. The lowest BCUT2D eigenvalue weighted by Gasteiger charge is -2.37. The number of aryl methyl sites for hydroxylation is 2. The van der Waals surface area contributed by atoms with Gasteiger partial charge in [0.15, 0.2) is 0 Å². The van der Waals surface area contributed by atoms with Gasteiger partial charge in [-0.2, -0.15) is 30.9 Å². The molecule has 178 valence electrons. The van der Waals surface area contributed by atoms with Crippen LogP contribution in [-0.2, 0) is 24.8 Å². The molecule has 11 heteroatoms. The third-order valence-electron chi connectivity index (χ3n) is 6.51. The minimum atomic E-state index is -4.23. The Balaban J connectivity index is 1.32. The number of aromatic nitrogens is 4. The van der Waals surface area contributed by atoms with Gasteiger partial charge in [-0.3, -0.25) is 10.00 Å². The number of halogens is 3. The number of thiophene rings is 1. The third kappa shape index (κ3) is 4.85. The van der Waals surface area contributed by atoms with Crippen LogP contribution >= 0.6 is 24.0 Å². The van der Waals surface area contributed by atoms with Crippen molar-refractivity contribution in [2.75, 3.05) is 18.0 Å². The zero-order chi connectivity index (χ0) is 23.2. The van der Waals surface area contributed by atoms with Gasteiger partial charge in [0.2, 0.25) is 0 Å². The molecule has 1 fully saturated rings. The van der Waals surface area contributed by atoms with E-state index >= 15 is 0 Å². The van der Waals surface area contributed by atoms with Gasteiger partial charge in [0.1, 0.15) is 17.0 Å². The van der Waals surface area contributed by atoms with Crippen LogP contribution in [0.2, 0.25) is 0 Å². The normalized spacial score (nSPS) is 24.2. The summed E-state index contributed by atoms with van der Waals surface area (Å²) < 4.78 is 40.5. The van der Waals surface area contributed by atoms with Crippen LogP contribution in [-0.4, -0.2) is 45.1 Å².